The monoisotopic (exact) mass is 528 g/mol. The van der Waals surface area contributed by atoms with Gasteiger partial charge in [0, 0.05) is 41.1 Å². The third kappa shape index (κ3) is 3.52. The number of hydrogen-bond donors (Lipinski definition) is 3. The smallest absolute Gasteiger partial charge is 0.306 e. The van der Waals surface area contributed by atoms with Crippen molar-refractivity contribution in [2.75, 3.05) is 0 Å². The summed E-state index contributed by atoms with van der Waals surface area (Å²) in [6.45, 7) is 12.1. The quantitative estimate of drug-likeness (QED) is 0.461. The Morgan fingerprint density at radius 1 is 1.05 bits per heavy atom. The second-order valence-electron chi connectivity index (χ2n) is 13.3. The highest BCUT2D eigenvalue weighted by Crippen LogP contribution is 2.70. The van der Waals surface area contributed by atoms with Gasteiger partial charge in [-0.05, 0) is 50.2 Å². The van der Waals surface area contributed by atoms with E-state index in [2.05, 4.69) is 0 Å². The number of aliphatic hydroxyl groups excluding tert-OH is 2. The molecule has 4 aliphatic carbocycles. The summed E-state index contributed by atoms with van der Waals surface area (Å²) in [5.41, 5.74) is -3.05. The predicted octanol–water partition coefficient (Wildman–Crippen LogP) is 3.23. The number of hydrogen-bond acceptors (Lipinski definition) is 7. The fourth-order valence-corrected chi connectivity index (χ4v) is 8.53. The van der Waals surface area contributed by atoms with Crippen LogP contribution in [-0.2, 0) is 24.0 Å². The van der Waals surface area contributed by atoms with Gasteiger partial charge in [-0.1, -0.05) is 40.2 Å². The molecule has 0 heterocycles. The first kappa shape index (κ1) is 28.6. The molecule has 8 heteroatoms. The molecule has 0 aromatic heterocycles. The molecule has 0 amide bonds. The molecule has 3 N–H and O–H groups in total. The van der Waals surface area contributed by atoms with Crippen molar-refractivity contribution in [3.05, 3.63) is 22.8 Å². The summed E-state index contributed by atoms with van der Waals surface area (Å²) >= 11 is 0. The zero-order valence-corrected chi connectivity index (χ0v) is 23.4. The van der Waals surface area contributed by atoms with E-state index >= 15 is 0 Å². The van der Waals surface area contributed by atoms with E-state index in [0.717, 1.165) is 0 Å². The molecule has 0 aromatic carbocycles. The number of rotatable bonds is 5. The van der Waals surface area contributed by atoms with Crippen molar-refractivity contribution in [3.63, 3.8) is 0 Å². The molecule has 4 aliphatic rings. The summed E-state index contributed by atoms with van der Waals surface area (Å²) in [6, 6.07) is 0. The van der Waals surface area contributed by atoms with Crippen LogP contribution in [0.25, 0.3) is 0 Å². The van der Waals surface area contributed by atoms with Gasteiger partial charge in [0.25, 0.3) is 0 Å². The maximum absolute atomic E-state index is 14.1. The zero-order chi connectivity index (χ0) is 28.7. The molecule has 208 valence electrons. The third-order valence-electron chi connectivity index (χ3n) is 11.1. The van der Waals surface area contributed by atoms with E-state index in [4.69, 9.17) is 5.11 Å². The maximum atomic E-state index is 14.1. The van der Waals surface area contributed by atoms with E-state index in [1.165, 1.54) is 13.0 Å². The number of fused-ring (bicyclic) bond motifs is 4. The molecule has 0 bridgehead atoms. The topological polar surface area (TPSA) is 146 Å². The van der Waals surface area contributed by atoms with Gasteiger partial charge in [-0.25, -0.2) is 0 Å². The number of carbonyl (C=O) groups is 5. The lowest BCUT2D eigenvalue weighted by molar-refractivity contribution is -0.156. The minimum atomic E-state index is -1.55. The lowest BCUT2D eigenvalue weighted by atomic mass is 9.42. The Bertz CT molecular complexity index is 1210. The van der Waals surface area contributed by atoms with Gasteiger partial charge in [-0.2, -0.15) is 0 Å². The molecule has 2 saturated carbocycles. The molecule has 0 aromatic rings. The number of carbonyl (C=O) groups excluding carboxylic acids is 4. The highest BCUT2D eigenvalue weighted by atomic mass is 16.4. The van der Waals surface area contributed by atoms with E-state index in [-0.39, 0.29) is 43.2 Å². The van der Waals surface area contributed by atoms with Crippen LogP contribution in [0.4, 0.5) is 0 Å². The first-order valence-electron chi connectivity index (χ1n) is 13.5. The standard InChI is InChI=1S/C30H40O8/c1-14(10-16(31)11-15(2)26(37)38)17-12-21(34)30(7)22-18(32)13-19-27(3,4)20(33)8-9-28(19,5)23(22)24(35)25(36)29(17,30)6/h10,15,17-19,25,32,36H,8-9,11-13H2,1-7H3,(H,37,38)/b14-10+. The van der Waals surface area contributed by atoms with Crippen molar-refractivity contribution < 1.29 is 39.3 Å². The van der Waals surface area contributed by atoms with E-state index in [9.17, 15) is 34.2 Å². The number of aliphatic carboxylic acids is 1. The van der Waals surface area contributed by atoms with Crippen molar-refractivity contribution in [2.24, 2.45) is 39.4 Å². The minimum Gasteiger partial charge on any atom is -0.481 e. The lowest BCUT2D eigenvalue weighted by Gasteiger charge is -2.61. The van der Waals surface area contributed by atoms with Gasteiger partial charge >= 0.3 is 5.97 Å². The molecule has 8 atom stereocenters. The molecule has 8 unspecified atom stereocenters. The predicted molar refractivity (Wildman–Crippen MR) is 138 cm³/mol. The number of ketones is 4. The van der Waals surface area contributed by atoms with Crippen LogP contribution in [-0.4, -0.2) is 56.6 Å². The summed E-state index contributed by atoms with van der Waals surface area (Å²) in [5.74, 6) is -3.99. The largest absolute Gasteiger partial charge is 0.481 e. The van der Waals surface area contributed by atoms with Crippen LogP contribution in [0.1, 0.15) is 80.6 Å². The molecule has 8 nitrogen and oxygen atoms in total. The van der Waals surface area contributed by atoms with Crippen molar-refractivity contribution in [2.45, 2.75) is 92.8 Å². The summed E-state index contributed by atoms with van der Waals surface area (Å²) < 4.78 is 0. The number of aliphatic hydroxyl groups is 2. The number of carboxylic acid groups (broad SMARTS) is 1. The van der Waals surface area contributed by atoms with Gasteiger partial charge in [0.1, 0.15) is 17.7 Å². The summed E-state index contributed by atoms with van der Waals surface area (Å²) in [4.78, 5) is 64.6. The molecule has 0 saturated heterocycles. The average Bonchev–Trinajstić information content (AvgIpc) is 3.03. The van der Waals surface area contributed by atoms with Crippen LogP contribution in [0.2, 0.25) is 0 Å². The fraction of sp³-hybridized carbons (Fsp3) is 0.700. The maximum Gasteiger partial charge on any atom is 0.306 e. The van der Waals surface area contributed by atoms with E-state index in [0.29, 0.717) is 23.1 Å². The zero-order valence-electron chi connectivity index (χ0n) is 23.4. The minimum absolute atomic E-state index is 0.0188. The van der Waals surface area contributed by atoms with Crippen molar-refractivity contribution in [1.29, 1.82) is 0 Å². The Morgan fingerprint density at radius 2 is 1.66 bits per heavy atom. The van der Waals surface area contributed by atoms with Gasteiger partial charge < -0.3 is 15.3 Å². The van der Waals surface area contributed by atoms with Crippen LogP contribution < -0.4 is 0 Å². The SMILES string of the molecule is C/C(=C\C(=O)CC(C)C(=O)O)C1CC(=O)C2(C)C3=C(C(=O)C(O)C12C)C1(C)CCC(=O)C(C)(C)C1CC3O. The van der Waals surface area contributed by atoms with Crippen LogP contribution in [0.5, 0.6) is 0 Å². The fourth-order valence-electron chi connectivity index (χ4n) is 8.53. The van der Waals surface area contributed by atoms with Crippen LogP contribution in [0.3, 0.4) is 0 Å². The molecular formula is C30H40O8. The van der Waals surface area contributed by atoms with Gasteiger partial charge in [0.05, 0.1) is 17.4 Å². The van der Waals surface area contributed by atoms with Gasteiger partial charge in [0.15, 0.2) is 11.6 Å². The van der Waals surface area contributed by atoms with Crippen LogP contribution in [0, 0.1) is 39.4 Å². The molecule has 0 radical (unpaired) electrons. The normalized spacial score (nSPS) is 41.4. The van der Waals surface area contributed by atoms with Gasteiger partial charge in [0.2, 0.25) is 0 Å². The molecule has 2 fully saturated rings. The third-order valence-corrected chi connectivity index (χ3v) is 11.1. The molecule has 0 spiro atoms. The van der Waals surface area contributed by atoms with E-state index < -0.39 is 63.2 Å². The Labute approximate surface area is 223 Å². The Kier molecular flexibility index (Phi) is 6.60. The number of carboxylic acids is 1. The molecular weight excluding hydrogens is 488 g/mol. The molecule has 38 heavy (non-hydrogen) atoms. The Balaban J connectivity index is 1.86. The van der Waals surface area contributed by atoms with Gasteiger partial charge in [-0.15, -0.1) is 0 Å². The van der Waals surface area contributed by atoms with Crippen molar-refractivity contribution in [3.8, 4) is 0 Å². The van der Waals surface area contributed by atoms with E-state index in [1.807, 2.05) is 20.8 Å². The lowest BCUT2D eigenvalue weighted by Crippen LogP contribution is -2.64. The Hall–Kier alpha value is -2.45. The van der Waals surface area contributed by atoms with Crippen molar-refractivity contribution in [1.82, 2.24) is 0 Å². The number of Topliss-reactive ketones (excluding diaryl/α,β-unsaturated/α-hetero) is 3. The second-order valence-corrected chi connectivity index (χ2v) is 13.3. The first-order chi connectivity index (χ1) is 17.4. The van der Waals surface area contributed by atoms with Crippen molar-refractivity contribution >= 4 is 29.1 Å². The summed E-state index contributed by atoms with van der Waals surface area (Å²) in [5, 5.41) is 32.4. The highest BCUT2D eigenvalue weighted by molar-refractivity contribution is 6.08. The molecule has 0 aliphatic heterocycles. The summed E-state index contributed by atoms with van der Waals surface area (Å²) in [6.07, 6.45) is -0.647. The van der Waals surface area contributed by atoms with Crippen LogP contribution >= 0.6 is 0 Å². The highest BCUT2D eigenvalue weighted by Gasteiger charge is 2.73. The first-order valence-corrected chi connectivity index (χ1v) is 13.5. The Morgan fingerprint density at radius 3 is 2.24 bits per heavy atom. The second kappa shape index (κ2) is 8.78. The van der Waals surface area contributed by atoms with Gasteiger partial charge in [-0.3, -0.25) is 24.0 Å². The van der Waals surface area contributed by atoms with E-state index in [1.54, 1.807) is 20.8 Å². The summed E-state index contributed by atoms with van der Waals surface area (Å²) in [7, 11) is 0. The van der Waals surface area contributed by atoms with Crippen LogP contribution in [0.15, 0.2) is 22.8 Å². The number of allylic oxidation sites excluding steroid dienone is 2. The molecule has 4 rings (SSSR count). The average molecular weight is 529 g/mol.